The first-order valence-corrected chi connectivity index (χ1v) is 7.03. The fourth-order valence-corrected chi connectivity index (χ4v) is 2.73. The molecule has 5 heteroatoms. The van der Waals surface area contributed by atoms with E-state index in [1.54, 1.807) is 12.1 Å². The fourth-order valence-electron chi connectivity index (χ4n) is 2.15. The van der Waals surface area contributed by atoms with Gasteiger partial charge in [0.25, 0.3) is 0 Å². The van der Waals surface area contributed by atoms with Crippen molar-refractivity contribution in [2.45, 2.75) is 26.1 Å². The lowest BCUT2D eigenvalue weighted by Crippen LogP contribution is -2.27. The summed E-state index contributed by atoms with van der Waals surface area (Å²) in [6.45, 7) is 3.49. The van der Waals surface area contributed by atoms with Gasteiger partial charge in [0.2, 0.25) is 0 Å². The number of rotatable bonds is 3. The normalized spacial score (nSPS) is 23.1. The highest BCUT2D eigenvalue weighted by Gasteiger charge is 2.24. The van der Waals surface area contributed by atoms with Gasteiger partial charge < -0.3 is 9.47 Å². The van der Waals surface area contributed by atoms with Gasteiger partial charge in [-0.2, -0.15) is 5.26 Å². The van der Waals surface area contributed by atoms with Crippen LogP contribution in [-0.4, -0.2) is 13.2 Å². The van der Waals surface area contributed by atoms with E-state index >= 15 is 0 Å². The SMILES string of the molecule is CCCC1COC(c2cc(Cl)c(C#N)c(Cl)c2)OC1. The summed E-state index contributed by atoms with van der Waals surface area (Å²) < 4.78 is 11.4. The Balaban J connectivity index is 2.10. The van der Waals surface area contributed by atoms with E-state index in [-0.39, 0.29) is 5.56 Å². The van der Waals surface area contributed by atoms with Gasteiger partial charge in [-0.15, -0.1) is 0 Å². The lowest BCUT2D eigenvalue weighted by atomic mass is 10.0. The van der Waals surface area contributed by atoms with Crippen molar-refractivity contribution in [1.29, 1.82) is 5.26 Å². The quantitative estimate of drug-likeness (QED) is 0.834. The van der Waals surface area contributed by atoms with E-state index < -0.39 is 6.29 Å². The Bertz CT molecular complexity index is 468. The largest absolute Gasteiger partial charge is 0.348 e. The van der Waals surface area contributed by atoms with Gasteiger partial charge in [0.1, 0.15) is 6.07 Å². The summed E-state index contributed by atoms with van der Waals surface area (Å²) in [7, 11) is 0. The Hall–Kier alpha value is -0.790. The van der Waals surface area contributed by atoms with Crippen LogP contribution in [0.25, 0.3) is 0 Å². The zero-order valence-corrected chi connectivity index (χ0v) is 12.2. The summed E-state index contributed by atoms with van der Waals surface area (Å²) in [5, 5.41) is 9.57. The van der Waals surface area contributed by atoms with E-state index in [0.717, 1.165) is 18.4 Å². The van der Waals surface area contributed by atoms with Gasteiger partial charge in [-0.3, -0.25) is 0 Å². The van der Waals surface area contributed by atoms with Crippen LogP contribution in [0.5, 0.6) is 0 Å². The first kappa shape index (κ1) is 14.6. The van der Waals surface area contributed by atoms with Crippen molar-refractivity contribution in [3.63, 3.8) is 0 Å². The summed E-state index contributed by atoms with van der Waals surface area (Å²) in [6, 6.07) is 5.33. The first-order chi connectivity index (χ1) is 9.15. The average Bonchev–Trinajstić information content (AvgIpc) is 2.39. The molecule has 0 atom stereocenters. The molecule has 2 rings (SSSR count). The topological polar surface area (TPSA) is 42.2 Å². The van der Waals surface area contributed by atoms with E-state index in [9.17, 15) is 0 Å². The number of nitrogens with zero attached hydrogens (tertiary/aromatic N) is 1. The molecule has 0 amide bonds. The van der Waals surface area contributed by atoms with Gasteiger partial charge in [0, 0.05) is 11.5 Å². The second-order valence-electron chi connectivity index (χ2n) is 4.62. The summed E-state index contributed by atoms with van der Waals surface area (Å²) in [5.74, 6) is 0.450. The van der Waals surface area contributed by atoms with E-state index in [2.05, 4.69) is 6.92 Å². The molecule has 0 radical (unpaired) electrons. The molecule has 1 saturated heterocycles. The molecule has 0 N–H and O–H groups in total. The number of hydrogen-bond donors (Lipinski definition) is 0. The van der Waals surface area contributed by atoms with Crippen LogP contribution in [0.15, 0.2) is 12.1 Å². The van der Waals surface area contributed by atoms with Crippen LogP contribution in [0, 0.1) is 17.2 Å². The molecule has 0 saturated carbocycles. The third kappa shape index (κ3) is 3.40. The first-order valence-electron chi connectivity index (χ1n) is 6.28. The lowest BCUT2D eigenvalue weighted by Gasteiger charge is -2.29. The van der Waals surface area contributed by atoms with Crippen molar-refractivity contribution in [2.24, 2.45) is 5.92 Å². The predicted molar refractivity (Wildman–Crippen MR) is 74.2 cm³/mol. The Morgan fingerprint density at radius 1 is 1.26 bits per heavy atom. The second-order valence-corrected chi connectivity index (χ2v) is 5.44. The Morgan fingerprint density at radius 3 is 2.32 bits per heavy atom. The van der Waals surface area contributed by atoms with E-state index in [1.807, 2.05) is 6.07 Å². The number of nitriles is 1. The number of hydrogen-bond acceptors (Lipinski definition) is 3. The minimum absolute atomic E-state index is 0.284. The number of benzene rings is 1. The van der Waals surface area contributed by atoms with Crippen LogP contribution in [0.3, 0.4) is 0 Å². The number of ether oxygens (including phenoxy) is 2. The highest BCUT2D eigenvalue weighted by molar-refractivity contribution is 6.36. The van der Waals surface area contributed by atoms with Crippen molar-refractivity contribution in [2.75, 3.05) is 13.2 Å². The van der Waals surface area contributed by atoms with Gasteiger partial charge in [-0.25, -0.2) is 0 Å². The molecular weight excluding hydrogens is 285 g/mol. The molecule has 0 unspecified atom stereocenters. The summed E-state index contributed by atoms with van der Waals surface area (Å²) in [5.41, 5.74) is 1.04. The zero-order chi connectivity index (χ0) is 13.8. The fraction of sp³-hybridized carbons (Fsp3) is 0.500. The third-order valence-electron chi connectivity index (χ3n) is 3.11. The van der Waals surface area contributed by atoms with Crippen molar-refractivity contribution in [3.05, 3.63) is 33.3 Å². The molecule has 1 heterocycles. The predicted octanol–water partition coefficient (Wildman–Crippen LogP) is 4.33. The third-order valence-corrected chi connectivity index (χ3v) is 3.71. The summed E-state index contributed by atoms with van der Waals surface area (Å²) in [6.07, 6.45) is 1.77. The molecule has 1 aromatic rings. The van der Waals surface area contributed by atoms with Crippen LogP contribution >= 0.6 is 23.2 Å². The molecular formula is C14H15Cl2NO2. The van der Waals surface area contributed by atoms with Crippen LogP contribution in [0.2, 0.25) is 10.0 Å². The monoisotopic (exact) mass is 299 g/mol. The van der Waals surface area contributed by atoms with Crippen molar-refractivity contribution in [3.8, 4) is 6.07 Å². The smallest absolute Gasteiger partial charge is 0.183 e. The van der Waals surface area contributed by atoms with Crippen LogP contribution < -0.4 is 0 Å². The minimum atomic E-state index is -0.448. The zero-order valence-electron chi connectivity index (χ0n) is 10.7. The molecule has 1 aliphatic rings. The van der Waals surface area contributed by atoms with Crippen LogP contribution in [-0.2, 0) is 9.47 Å². The van der Waals surface area contributed by atoms with Crippen molar-refractivity contribution < 1.29 is 9.47 Å². The maximum Gasteiger partial charge on any atom is 0.183 e. The highest BCUT2D eigenvalue weighted by Crippen LogP contribution is 2.33. The van der Waals surface area contributed by atoms with Crippen LogP contribution in [0.1, 0.15) is 37.2 Å². The molecule has 0 aliphatic carbocycles. The molecule has 102 valence electrons. The Kier molecular flexibility index (Phi) is 5.06. The lowest BCUT2D eigenvalue weighted by molar-refractivity contribution is -0.206. The standard InChI is InChI=1S/C14H15Cl2NO2/c1-2-3-9-7-18-14(19-8-9)10-4-12(15)11(6-17)13(16)5-10/h4-5,9,14H,2-3,7-8H2,1H3. The molecule has 1 aliphatic heterocycles. The maximum atomic E-state index is 8.91. The molecule has 0 spiro atoms. The van der Waals surface area contributed by atoms with Gasteiger partial charge in [0.15, 0.2) is 6.29 Å². The van der Waals surface area contributed by atoms with Gasteiger partial charge in [-0.1, -0.05) is 36.5 Å². The van der Waals surface area contributed by atoms with Gasteiger partial charge >= 0.3 is 0 Å². The minimum Gasteiger partial charge on any atom is -0.348 e. The van der Waals surface area contributed by atoms with Crippen LogP contribution in [0.4, 0.5) is 0 Å². The Morgan fingerprint density at radius 2 is 1.84 bits per heavy atom. The molecule has 19 heavy (non-hydrogen) atoms. The molecule has 0 aromatic heterocycles. The Labute approximate surface area is 123 Å². The van der Waals surface area contributed by atoms with Gasteiger partial charge in [0.05, 0.1) is 28.8 Å². The maximum absolute atomic E-state index is 8.91. The van der Waals surface area contributed by atoms with E-state index in [4.69, 9.17) is 37.9 Å². The average molecular weight is 300 g/mol. The van der Waals surface area contributed by atoms with Gasteiger partial charge in [-0.05, 0) is 18.6 Å². The van der Waals surface area contributed by atoms with Crippen molar-refractivity contribution >= 4 is 23.2 Å². The molecule has 1 aromatic carbocycles. The van der Waals surface area contributed by atoms with Crippen molar-refractivity contribution in [1.82, 2.24) is 0 Å². The van der Waals surface area contributed by atoms with E-state index in [1.165, 1.54) is 0 Å². The molecule has 1 fully saturated rings. The number of halogens is 2. The second kappa shape index (κ2) is 6.58. The summed E-state index contributed by atoms with van der Waals surface area (Å²) in [4.78, 5) is 0. The summed E-state index contributed by atoms with van der Waals surface area (Å²) >= 11 is 12.0. The molecule has 0 bridgehead atoms. The highest BCUT2D eigenvalue weighted by atomic mass is 35.5. The molecule has 3 nitrogen and oxygen atoms in total. The van der Waals surface area contributed by atoms with E-state index in [0.29, 0.717) is 29.2 Å².